The van der Waals surface area contributed by atoms with Gasteiger partial charge < -0.3 is 9.32 Å². The molecule has 148 valence electrons. The van der Waals surface area contributed by atoms with Crippen LogP contribution in [0.1, 0.15) is 42.1 Å². The SMILES string of the molecule is CC[C@@H](c1nnnn1Cc1ccco1)N1CCN(c2cccc(C)c2C)CC1. The number of piperazine rings is 1. The molecule has 0 N–H and O–H groups in total. The van der Waals surface area contributed by atoms with Gasteiger partial charge in [-0.15, -0.1) is 5.10 Å². The van der Waals surface area contributed by atoms with Gasteiger partial charge in [0.15, 0.2) is 5.82 Å². The van der Waals surface area contributed by atoms with Gasteiger partial charge in [-0.1, -0.05) is 19.1 Å². The number of nitrogens with zero attached hydrogens (tertiary/aromatic N) is 6. The van der Waals surface area contributed by atoms with Crippen molar-refractivity contribution >= 4 is 5.69 Å². The van der Waals surface area contributed by atoms with Gasteiger partial charge in [-0.2, -0.15) is 0 Å². The van der Waals surface area contributed by atoms with Gasteiger partial charge in [0.25, 0.3) is 0 Å². The monoisotopic (exact) mass is 380 g/mol. The molecule has 0 radical (unpaired) electrons. The Morgan fingerprint density at radius 2 is 1.89 bits per heavy atom. The van der Waals surface area contributed by atoms with Gasteiger partial charge in [-0.3, -0.25) is 4.90 Å². The van der Waals surface area contributed by atoms with Crippen molar-refractivity contribution in [2.75, 3.05) is 31.1 Å². The molecule has 0 saturated carbocycles. The molecule has 2 aromatic heterocycles. The van der Waals surface area contributed by atoms with E-state index in [2.05, 4.69) is 64.3 Å². The molecule has 1 fully saturated rings. The van der Waals surface area contributed by atoms with Crippen LogP contribution in [-0.4, -0.2) is 51.3 Å². The maximum absolute atomic E-state index is 5.47. The molecule has 28 heavy (non-hydrogen) atoms. The number of hydrogen-bond donors (Lipinski definition) is 0. The molecule has 0 amide bonds. The van der Waals surface area contributed by atoms with E-state index in [4.69, 9.17) is 4.42 Å². The van der Waals surface area contributed by atoms with Gasteiger partial charge >= 0.3 is 0 Å². The maximum Gasteiger partial charge on any atom is 0.168 e. The van der Waals surface area contributed by atoms with Crippen LogP contribution in [0, 0.1) is 13.8 Å². The van der Waals surface area contributed by atoms with E-state index in [0.29, 0.717) is 6.54 Å². The Morgan fingerprint density at radius 3 is 2.61 bits per heavy atom. The highest BCUT2D eigenvalue weighted by Gasteiger charge is 2.28. The van der Waals surface area contributed by atoms with Crippen LogP contribution < -0.4 is 4.90 Å². The number of aromatic nitrogens is 4. The molecule has 7 heteroatoms. The molecule has 0 aliphatic carbocycles. The van der Waals surface area contributed by atoms with E-state index in [-0.39, 0.29) is 6.04 Å². The second-order valence-electron chi connectivity index (χ2n) is 7.44. The normalized spacial score (nSPS) is 16.5. The van der Waals surface area contributed by atoms with Crippen LogP contribution in [-0.2, 0) is 6.54 Å². The van der Waals surface area contributed by atoms with E-state index >= 15 is 0 Å². The van der Waals surface area contributed by atoms with E-state index in [1.165, 1.54) is 16.8 Å². The van der Waals surface area contributed by atoms with Crippen LogP contribution in [0.15, 0.2) is 41.0 Å². The van der Waals surface area contributed by atoms with Crippen molar-refractivity contribution in [3.63, 3.8) is 0 Å². The summed E-state index contributed by atoms with van der Waals surface area (Å²) in [5.74, 6) is 1.78. The molecule has 4 rings (SSSR count). The van der Waals surface area contributed by atoms with Crippen molar-refractivity contribution in [2.45, 2.75) is 39.8 Å². The van der Waals surface area contributed by atoms with E-state index in [9.17, 15) is 0 Å². The molecule has 3 aromatic rings. The van der Waals surface area contributed by atoms with Crippen molar-refractivity contribution in [3.05, 3.63) is 59.3 Å². The molecule has 1 atom stereocenters. The molecular formula is C21H28N6O. The quantitative estimate of drug-likeness (QED) is 0.654. The summed E-state index contributed by atoms with van der Waals surface area (Å²) in [4.78, 5) is 5.00. The summed E-state index contributed by atoms with van der Waals surface area (Å²) in [5, 5.41) is 12.5. The van der Waals surface area contributed by atoms with Crippen molar-refractivity contribution in [2.24, 2.45) is 0 Å². The second kappa shape index (κ2) is 8.14. The fourth-order valence-electron chi connectivity index (χ4n) is 4.07. The summed E-state index contributed by atoms with van der Waals surface area (Å²) < 4.78 is 7.33. The first-order valence-electron chi connectivity index (χ1n) is 10.0. The Morgan fingerprint density at radius 1 is 1.07 bits per heavy atom. The lowest BCUT2D eigenvalue weighted by Gasteiger charge is -2.40. The Kier molecular flexibility index (Phi) is 5.43. The summed E-state index contributed by atoms with van der Waals surface area (Å²) in [6, 6.07) is 10.6. The zero-order valence-electron chi connectivity index (χ0n) is 16.9. The van der Waals surface area contributed by atoms with Crippen LogP contribution in [0.2, 0.25) is 0 Å². The van der Waals surface area contributed by atoms with Crippen molar-refractivity contribution in [3.8, 4) is 0 Å². The first-order chi connectivity index (χ1) is 13.7. The van der Waals surface area contributed by atoms with E-state index in [1.54, 1.807) is 6.26 Å². The molecule has 7 nitrogen and oxygen atoms in total. The number of furan rings is 1. The molecule has 1 aliphatic rings. The number of aryl methyl sites for hydroxylation is 1. The Balaban J connectivity index is 1.46. The first-order valence-corrected chi connectivity index (χ1v) is 10.0. The minimum Gasteiger partial charge on any atom is -0.467 e. The predicted octanol–water partition coefficient (Wildman–Crippen LogP) is 3.20. The molecule has 0 unspecified atom stereocenters. The van der Waals surface area contributed by atoms with Crippen molar-refractivity contribution < 1.29 is 4.42 Å². The molecule has 0 spiro atoms. The van der Waals surface area contributed by atoms with Gasteiger partial charge in [0.1, 0.15) is 12.3 Å². The molecular weight excluding hydrogens is 352 g/mol. The van der Waals surface area contributed by atoms with E-state index in [1.807, 2.05) is 16.8 Å². The predicted molar refractivity (Wildman–Crippen MR) is 108 cm³/mol. The van der Waals surface area contributed by atoms with Gasteiger partial charge in [-0.05, 0) is 60.0 Å². The Hall–Kier alpha value is -2.67. The van der Waals surface area contributed by atoms with Crippen LogP contribution in [0.25, 0.3) is 0 Å². The molecule has 1 saturated heterocycles. The highest BCUT2D eigenvalue weighted by molar-refractivity contribution is 5.56. The zero-order valence-corrected chi connectivity index (χ0v) is 16.9. The maximum atomic E-state index is 5.47. The highest BCUT2D eigenvalue weighted by atomic mass is 16.3. The fourth-order valence-corrected chi connectivity index (χ4v) is 4.07. The minimum atomic E-state index is 0.214. The van der Waals surface area contributed by atoms with Gasteiger partial charge in [0, 0.05) is 31.9 Å². The molecule has 1 aromatic carbocycles. The lowest BCUT2D eigenvalue weighted by molar-refractivity contribution is 0.169. The van der Waals surface area contributed by atoms with E-state index < -0.39 is 0 Å². The number of rotatable bonds is 6. The summed E-state index contributed by atoms with van der Waals surface area (Å²) in [6.07, 6.45) is 2.66. The average molecular weight is 380 g/mol. The fraction of sp³-hybridized carbons (Fsp3) is 0.476. The third-order valence-corrected chi connectivity index (χ3v) is 5.80. The summed E-state index contributed by atoms with van der Waals surface area (Å²) in [7, 11) is 0. The Labute approximate surface area is 165 Å². The number of benzene rings is 1. The van der Waals surface area contributed by atoms with Gasteiger partial charge in [0.05, 0.1) is 12.3 Å². The number of tetrazole rings is 1. The zero-order chi connectivity index (χ0) is 19.5. The standard InChI is InChI=1S/C21H28N6O/c1-4-19(21-22-23-24-27(21)15-18-8-6-14-28-18)25-10-12-26(13-11-25)20-9-5-7-16(2)17(20)3/h5-9,14,19H,4,10-13,15H2,1-3H3/t19-/m0/s1. The summed E-state index contributed by atoms with van der Waals surface area (Å²) >= 11 is 0. The van der Waals surface area contributed by atoms with Gasteiger partial charge in [-0.25, -0.2) is 4.68 Å². The van der Waals surface area contributed by atoms with Crippen LogP contribution in [0.5, 0.6) is 0 Å². The Bertz CT molecular complexity index is 896. The molecule has 3 heterocycles. The van der Waals surface area contributed by atoms with E-state index in [0.717, 1.165) is 44.2 Å². The van der Waals surface area contributed by atoms with Crippen molar-refractivity contribution in [1.29, 1.82) is 0 Å². The minimum absolute atomic E-state index is 0.214. The lowest BCUT2D eigenvalue weighted by atomic mass is 10.1. The lowest BCUT2D eigenvalue weighted by Crippen LogP contribution is -2.48. The van der Waals surface area contributed by atoms with Crippen molar-refractivity contribution in [1.82, 2.24) is 25.1 Å². The number of hydrogen-bond acceptors (Lipinski definition) is 6. The van der Waals surface area contributed by atoms with Gasteiger partial charge in [0.2, 0.25) is 0 Å². The first kappa shape index (κ1) is 18.7. The third kappa shape index (κ3) is 3.67. The molecule has 1 aliphatic heterocycles. The second-order valence-corrected chi connectivity index (χ2v) is 7.44. The van der Waals surface area contributed by atoms with Crippen LogP contribution >= 0.6 is 0 Å². The summed E-state index contributed by atoms with van der Waals surface area (Å²) in [6.45, 7) is 11.2. The molecule has 0 bridgehead atoms. The third-order valence-electron chi connectivity index (χ3n) is 5.80. The summed E-state index contributed by atoms with van der Waals surface area (Å²) in [5.41, 5.74) is 4.09. The largest absolute Gasteiger partial charge is 0.467 e. The smallest absolute Gasteiger partial charge is 0.168 e. The van der Waals surface area contributed by atoms with Crippen LogP contribution in [0.4, 0.5) is 5.69 Å². The van der Waals surface area contributed by atoms with Crippen LogP contribution in [0.3, 0.4) is 0 Å². The average Bonchev–Trinajstić information content (AvgIpc) is 3.38. The number of anilines is 1. The highest BCUT2D eigenvalue weighted by Crippen LogP contribution is 2.28. The topological polar surface area (TPSA) is 63.2 Å².